The normalized spacial score (nSPS) is 8.09. The molecule has 2 heteroatoms. The highest BCUT2D eigenvalue weighted by atomic mass is 16.5. The Kier molecular flexibility index (Phi) is 2.40. The van der Waals surface area contributed by atoms with E-state index in [-0.39, 0.29) is 5.75 Å². The molecule has 0 amide bonds. The molecule has 1 aromatic carbocycles. The average molecular weight is 148 g/mol. The summed E-state index contributed by atoms with van der Waals surface area (Å²) in [6, 6.07) is 6.40. The Hall–Kier alpha value is -1.62. The van der Waals surface area contributed by atoms with E-state index in [2.05, 4.69) is 12.0 Å². The molecule has 0 aliphatic rings. The summed E-state index contributed by atoms with van der Waals surface area (Å²) >= 11 is 0. The number of rotatable bonds is 1. The summed E-state index contributed by atoms with van der Waals surface area (Å²) in [7, 11) is 0. The summed E-state index contributed by atoms with van der Waals surface area (Å²) in [6.07, 6.45) is 2.45. The van der Waals surface area contributed by atoms with E-state index in [1.54, 1.807) is 31.2 Å². The molecule has 0 fully saturated rings. The molecule has 11 heavy (non-hydrogen) atoms. The first-order valence-electron chi connectivity index (χ1n) is 3.20. The third-order valence-electron chi connectivity index (χ3n) is 1.11. The molecule has 0 saturated carbocycles. The van der Waals surface area contributed by atoms with Crippen molar-refractivity contribution in [3.05, 3.63) is 24.3 Å². The van der Waals surface area contributed by atoms with Crippen LogP contribution in [0.1, 0.15) is 6.92 Å². The van der Waals surface area contributed by atoms with E-state index in [4.69, 9.17) is 9.84 Å². The van der Waals surface area contributed by atoms with Gasteiger partial charge < -0.3 is 9.84 Å². The van der Waals surface area contributed by atoms with Crippen LogP contribution in [0.4, 0.5) is 0 Å². The number of benzene rings is 1. The Morgan fingerprint density at radius 2 is 1.91 bits per heavy atom. The molecule has 0 spiro atoms. The SMILES string of the molecule is CC#COc1ccc(O)cc1. The molecule has 1 N–H and O–H groups in total. The molecule has 0 aliphatic heterocycles. The monoisotopic (exact) mass is 148 g/mol. The number of ether oxygens (including phenoxy) is 1. The van der Waals surface area contributed by atoms with Gasteiger partial charge in [0.05, 0.1) is 0 Å². The summed E-state index contributed by atoms with van der Waals surface area (Å²) in [4.78, 5) is 0. The maximum Gasteiger partial charge on any atom is 0.140 e. The second kappa shape index (κ2) is 3.52. The van der Waals surface area contributed by atoms with Crippen LogP contribution in [0.3, 0.4) is 0 Å². The highest BCUT2D eigenvalue weighted by Crippen LogP contribution is 2.15. The van der Waals surface area contributed by atoms with Crippen molar-refractivity contribution in [2.75, 3.05) is 0 Å². The van der Waals surface area contributed by atoms with E-state index >= 15 is 0 Å². The standard InChI is InChI=1S/C9H8O2/c1-2-7-11-9-5-3-8(10)4-6-9/h3-6,10H,1H3. The average Bonchev–Trinajstić information content (AvgIpc) is 2.04. The van der Waals surface area contributed by atoms with Crippen molar-refractivity contribution in [3.8, 4) is 23.5 Å². The van der Waals surface area contributed by atoms with Gasteiger partial charge in [-0.15, -0.1) is 0 Å². The molecule has 1 rings (SSSR count). The molecule has 0 unspecified atom stereocenters. The Labute approximate surface area is 65.4 Å². The summed E-state index contributed by atoms with van der Waals surface area (Å²) in [5, 5.41) is 8.89. The van der Waals surface area contributed by atoms with E-state index in [0.717, 1.165) is 0 Å². The van der Waals surface area contributed by atoms with Crippen molar-refractivity contribution < 1.29 is 9.84 Å². The van der Waals surface area contributed by atoms with Crippen molar-refractivity contribution in [2.45, 2.75) is 6.92 Å². The van der Waals surface area contributed by atoms with Gasteiger partial charge >= 0.3 is 0 Å². The minimum Gasteiger partial charge on any atom is -0.508 e. The van der Waals surface area contributed by atoms with Gasteiger partial charge in [0.1, 0.15) is 17.6 Å². The van der Waals surface area contributed by atoms with Gasteiger partial charge in [0, 0.05) is 6.92 Å². The molecule has 0 heterocycles. The Morgan fingerprint density at radius 1 is 1.27 bits per heavy atom. The summed E-state index contributed by atoms with van der Waals surface area (Å²) in [5.41, 5.74) is 0. The van der Waals surface area contributed by atoms with Gasteiger partial charge in [-0.3, -0.25) is 0 Å². The van der Waals surface area contributed by atoms with Gasteiger partial charge in [-0.2, -0.15) is 0 Å². The Morgan fingerprint density at radius 3 is 2.45 bits per heavy atom. The van der Waals surface area contributed by atoms with Gasteiger partial charge in [-0.1, -0.05) is 5.92 Å². The second-order valence-corrected chi connectivity index (χ2v) is 1.95. The van der Waals surface area contributed by atoms with Crippen LogP contribution >= 0.6 is 0 Å². The predicted octanol–water partition coefficient (Wildman–Crippen LogP) is 1.75. The molecule has 0 atom stereocenters. The zero-order valence-corrected chi connectivity index (χ0v) is 6.16. The van der Waals surface area contributed by atoms with Crippen LogP contribution in [0.5, 0.6) is 11.5 Å². The first-order valence-corrected chi connectivity index (χ1v) is 3.20. The first kappa shape index (κ1) is 7.49. The lowest BCUT2D eigenvalue weighted by Crippen LogP contribution is -1.80. The molecule has 0 aliphatic carbocycles. The molecular formula is C9H8O2. The van der Waals surface area contributed by atoms with Crippen molar-refractivity contribution in [3.63, 3.8) is 0 Å². The lowest BCUT2D eigenvalue weighted by atomic mass is 10.3. The van der Waals surface area contributed by atoms with E-state index in [1.807, 2.05) is 0 Å². The van der Waals surface area contributed by atoms with E-state index in [1.165, 1.54) is 0 Å². The predicted molar refractivity (Wildman–Crippen MR) is 42.2 cm³/mol. The maximum absolute atomic E-state index is 8.89. The van der Waals surface area contributed by atoms with E-state index < -0.39 is 0 Å². The second-order valence-electron chi connectivity index (χ2n) is 1.95. The topological polar surface area (TPSA) is 29.5 Å². The molecule has 0 bridgehead atoms. The largest absolute Gasteiger partial charge is 0.508 e. The zero-order chi connectivity index (χ0) is 8.10. The fourth-order valence-electron chi connectivity index (χ4n) is 0.624. The fourth-order valence-corrected chi connectivity index (χ4v) is 0.624. The fraction of sp³-hybridized carbons (Fsp3) is 0.111. The van der Waals surface area contributed by atoms with Crippen LogP contribution in [0.2, 0.25) is 0 Å². The molecular weight excluding hydrogens is 140 g/mol. The molecule has 0 aromatic heterocycles. The smallest absolute Gasteiger partial charge is 0.140 e. The summed E-state index contributed by atoms with van der Waals surface area (Å²) in [5.74, 6) is 3.46. The van der Waals surface area contributed by atoms with Gasteiger partial charge in [0.25, 0.3) is 0 Å². The van der Waals surface area contributed by atoms with Gasteiger partial charge in [-0.05, 0) is 24.3 Å². The van der Waals surface area contributed by atoms with E-state index in [9.17, 15) is 0 Å². The first-order chi connectivity index (χ1) is 5.33. The third kappa shape index (κ3) is 2.23. The highest BCUT2D eigenvalue weighted by molar-refractivity contribution is 5.30. The lowest BCUT2D eigenvalue weighted by molar-refractivity contribution is 0.471. The minimum atomic E-state index is 0.224. The van der Waals surface area contributed by atoms with Crippen molar-refractivity contribution >= 4 is 0 Å². The molecule has 56 valence electrons. The Balaban J connectivity index is 2.71. The minimum absolute atomic E-state index is 0.224. The number of phenolic OH excluding ortho intramolecular Hbond substituents is 1. The Bertz CT molecular complexity index is 277. The van der Waals surface area contributed by atoms with Crippen LogP contribution < -0.4 is 4.74 Å². The number of hydrogen-bond acceptors (Lipinski definition) is 2. The highest BCUT2D eigenvalue weighted by Gasteiger charge is 1.89. The number of phenols is 1. The molecule has 1 aromatic rings. The lowest BCUT2D eigenvalue weighted by Gasteiger charge is -1.95. The van der Waals surface area contributed by atoms with Crippen molar-refractivity contribution in [1.82, 2.24) is 0 Å². The van der Waals surface area contributed by atoms with Crippen LogP contribution in [-0.4, -0.2) is 5.11 Å². The number of aromatic hydroxyl groups is 1. The molecule has 2 nitrogen and oxygen atoms in total. The maximum atomic E-state index is 8.89. The van der Waals surface area contributed by atoms with Crippen LogP contribution in [0.15, 0.2) is 24.3 Å². The van der Waals surface area contributed by atoms with E-state index in [0.29, 0.717) is 5.75 Å². The summed E-state index contributed by atoms with van der Waals surface area (Å²) in [6.45, 7) is 1.69. The third-order valence-corrected chi connectivity index (χ3v) is 1.11. The van der Waals surface area contributed by atoms with Crippen LogP contribution in [0.25, 0.3) is 0 Å². The molecule has 0 saturated heterocycles. The molecule has 0 radical (unpaired) electrons. The van der Waals surface area contributed by atoms with Crippen molar-refractivity contribution in [1.29, 1.82) is 0 Å². The van der Waals surface area contributed by atoms with Crippen LogP contribution in [-0.2, 0) is 0 Å². The van der Waals surface area contributed by atoms with Gasteiger partial charge in [0.15, 0.2) is 0 Å². The number of hydrogen-bond donors (Lipinski definition) is 1. The van der Waals surface area contributed by atoms with Gasteiger partial charge in [-0.25, -0.2) is 0 Å². The van der Waals surface area contributed by atoms with Gasteiger partial charge in [0.2, 0.25) is 0 Å². The quantitative estimate of drug-likeness (QED) is 0.615. The van der Waals surface area contributed by atoms with Crippen molar-refractivity contribution in [2.24, 2.45) is 0 Å². The summed E-state index contributed by atoms with van der Waals surface area (Å²) < 4.78 is 4.94. The van der Waals surface area contributed by atoms with Crippen LogP contribution in [0, 0.1) is 12.0 Å². The zero-order valence-electron chi connectivity index (χ0n) is 6.16.